The molecule has 0 bridgehead atoms. The van der Waals surface area contributed by atoms with E-state index in [9.17, 15) is 18.8 Å². The quantitative estimate of drug-likeness (QED) is 0.268. The predicted octanol–water partition coefficient (Wildman–Crippen LogP) is 3.47. The van der Waals surface area contributed by atoms with E-state index in [1.165, 1.54) is 37.6 Å². The maximum atomic E-state index is 13.1. The number of methoxy groups -OCH3 is 1. The molecule has 0 saturated heterocycles. The summed E-state index contributed by atoms with van der Waals surface area (Å²) < 4.78 is 20.2. The van der Waals surface area contributed by atoms with Crippen LogP contribution in [0, 0.1) is 5.82 Å². The molecule has 1 heterocycles. The lowest BCUT2D eigenvalue weighted by Gasteiger charge is -2.14. The van der Waals surface area contributed by atoms with Crippen molar-refractivity contribution in [2.45, 2.75) is 32.2 Å². The van der Waals surface area contributed by atoms with Gasteiger partial charge in [-0.05, 0) is 55.3 Å². The highest BCUT2D eigenvalue weighted by atomic mass is 19.1. The number of carbonyl (C=O) groups excluding carboxylic acids is 2. The van der Waals surface area contributed by atoms with Crippen LogP contribution < -0.4 is 21.0 Å². The summed E-state index contributed by atoms with van der Waals surface area (Å²) in [7, 11) is 1.49. The molecule has 0 aliphatic rings. The number of hydrogen-bond donors (Lipinski definition) is 3. The zero-order valence-electron chi connectivity index (χ0n) is 17.6. The van der Waals surface area contributed by atoms with Crippen molar-refractivity contribution in [3.8, 4) is 5.75 Å². The maximum absolute atomic E-state index is 13.1. The Hall–Kier alpha value is -3.72. The normalized spacial score (nSPS) is 10.7. The van der Waals surface area contributed by atoms with Crippen molar-refractivity contribution < 1.29 is 23.9 Å². The van der Waals surface area contributed by atoms with Crippen molar-refractivity contribution in [1.29, 1.82) is 0 Å². The van der Waals surface area contributed by atoms with Gasteiger partial charge in [0, 0.05) is 24.8 Å². The standard InChI is InChI=1S/C23H24FN3O5/c1-32-17-10-11-20-18(13-17)22(29)19(23(30)25-16-8-6-15(24)7-9-16)14-27(20)12-4-2-3-5-21(28)26-31/h6-11,13-14,31H,2-5,12H2,1H3,(H,25,30)(H,26,28). The van der Waals surface area contributed by atoms with Gasteiger partial charge < -0.3 is 14.6 Å². The van der Waals surface area contributed by atoms with Gasteiger partial charge in [-0.2, -0.15) is 0 Å². The Kier molecular flexibility index (Phi) is 7.56. The maximum Gasteiger partial charge on any atom is 0.261 e. The van der Waals surface area contributed by atoms with Crippen LogP contribution in [-0.2, 0) is 11.3 Å². The molecule has 2 aromatic carbocycles. The Bertz CT molecular complexity index is 1170. The zero-order valence-corrected chi connectivity index (χ0v) is 17.6. The highest BCUT2D eigenvalue weighted by molar-refractivity contribution is 6.05. The fourth-order valence-corrected chi connectivity index (χ4v) is 3.38. The third-order valence-corrected chi connectivity index (χ3v) is 5.06. The summed E-state index contributed by atoms with van der Waals surface area (Å²) in [6.07, 6.45) is 3.73. The lowest BCUT2D eigenvalue weighted by molar-refractivity contribution is -0.129. The van der Waals surface area contributed by atoms with Gasteiger partial charge in [0.05, 0.1) is 18.0 Å². The molecule has 32 heavy (non-hydrogen) atoms. The molecule has 2 amide bonds. The van der Waals surface area contributed by atoms with Crippen LogP contribution in [0.1, 0.15) is 36.0 Å². The fourth-order valence-electron chi connectivity index (χ4n) is 3.38. The number of hydrogen-bond acceptors (Lipinski definition) is 5. The van der Waals surface area contributed by atoms with Crippen molar-refractivity contribution in [2.24, 2.45) is 0 Å². The summed E-state index contributed by atoms with van der Waals surface area (Å²) >= 11 is 0. The fraction of sp³-hybridized carbons (Fsp3) is 0.261. The predicted molar refractivity (Wildman–Crippen MR) is 118 cm³/mol. The number of benzene rings is 2. The molecule has 0 fully saturated rings. The van der Waals surface area contributed by atoms with Gasteiger partial charge in [0.1, 0.15) is 17.1 Å². The van der Waals surface area contributed by atoms with Gasteiger partial charge in [-0.1, -0.05) is 6.42 Å². The van der Waals surface area contributed by atoms with Gasteiger partial charge in [-0.15, -0.1) is 0 Å². The van der Waals surface area contributed by atoms with Crippen molar-refractivity contribution in [2.75, 3.05) is 12.4 Å². The number of rotatable bonds is 9. The van der Waals surface area contributed by atoms with Crippen LogP contribution in [0.5, 0.6) is 5.75 Å². The molecule has 0 radical (unpaired) electrons. The molecule has 0 saturated carbocycles. The average Bonchev–Trinajstić information content (AvgIpc) is 2.81. The molecule has 9 heteroatoms. The number of pyridine rings is 1. The number of fused-ring (bicyclic) bond motifs is 1. The number of aryl methyl sites for hydroxylation is 1. The number of hydroxylamine groups is 1. The molecule has 168 valence electrons. The number of halogens is 1. The largest absolute Gasteiger partial charge is 0.497 e. The Labute approximate surface area is 183 Å². The summed E-state index contributed by atoms with van der Waals surface area (Å²) in [5.41, 5.74) is 2.14. The minimum absolute atomic E-state index is 0.0465. The highest BCUT2D eigenvalue weighted by Gasteiger charge is 2.16. The smallest absolute Gasteiger partial charge is 0.261 e. The molecule has 0 aliphatic carbocycles. The zero-order chi connectivity index (χ0) is 23.1. The first-order valence-corrected chi connectivity index (χ1v) is 10.1. The Morgan fingerprint density at radius 2 is 1.84 bits per heavy atom. The summed E-state index contributed by atoms with van der Waals surface area (Å²) in [5, 5.41) is 11.5. The van der Waals surface area contributed by atoms with Crippen LogP contribution in [0.25, 0.3) is 10.9 Å². The summed E-state index contributed by atoms with van der Waals surface area (Å²) in [5.74, 6) is -0.975. The molecule has 0 spiro atoms. The summed E-state index contributed by atoms with van der Waals surface area (Å²) in [6.45, 7) is 0.515. The van der Waals surface area contributed by atoms with E-state index in [4.69, 9.17) is 9.94 Å². The van der Waals surface area contributed by atoms with E-state index in [2.05, 4.69) is 5.32 Å². The average molecular weight is 441 g/mol. The second kappa shape index (κ2) is 10.5. The molecule has 8 nitrogen and oxygen atoms in total. The van der Waals surface area contributed by atoms with E-state index in [0.29, 0.717) is 48.1 Å². The van der Waals surface area contributed by atoms with Crippen molar-refractivity contribution >= 4 is 28.4 Å². The molecule has 3 aromatic rings. The van der Waals surface area contributed by atoms with E-state index in [1.54, 1.807) is 23.7 Å². The summed E-state index contributed by atoms with van der Waals surface area (Å²) in [4.78, 5) is 37.0. The first-order chi connectivity index (χ1) is 15.4. The highest BCUT2D eigenvalue weighted by Crippen LogP contribution is 2.20. The Balaban J connectivity index is 1.89. The third-order valence-electron chi connectivity index (χ3n) is 5.06. The lowest BCUT2D eigenvalue weighted by Crippen LogP contribution is -2.24. The molecule has 3 N–H and O–H groups in total. The molecule has 0 aliphatic heterocycles. The Morgan fingerprint density at radius 1 is 1.09 bits per heavy atom. The number of anilines is 1. The van der Waals surface area contributed by atoms with Crippen molar-refractivity contribution in [3.63, 3.8) is 0 Å². The van der Waals surface area contributed by atoms with E-state index in [1.807, 2.05) is 4.57 Å². The molecule has 1 aromatic heterocycles. The van der Waals surface area contributed by atoms with Gasteiger partial charge in [0.25, 0.3) is 5.91 Å². The van der Waals surface area contributed by atoms with Crippen LogP contribution in [0.15, 0.2) is 53.5 Å². The van der Waals surface area contributed by atoms with E-state index < -0.39 is 23.1 Å². The van der Waals surface area contributed by atoms with Crippen LogP contribution in [-0.4, -0.2) is 28.7 Å². The number of ether oxygens (including phenoxy) is 1. The molecule has 0 atom stereocenters. The topological polar surface area (TPSA) is 110 Å². The van der Waals surface area contributed by atoms with E-state index >= 15 is 0 Å². The number of nitrogens with zero attached hydrogens (tertiary/aromatic N) is 1. The molecular formula is C23H24FN3O5. The summed E-state index contributed by atoms with van der Waals surface area (Å²) in [6, 6.07) is 10.4. The first kappa shape index (κ1) is 23.0. The minimum atomic E-state index is -0.598. The molecular weight excluding hydrogens is 417 g/mol. The van der Waals surface area contributed by atoms with Crippen LogP contribution in [0.2, 0.25) is 0 Å². The number of unbranched alkanes of at least 4 members (excludes halogenated alkanes) is 2. The third kappa shape index (κ3) is 5.50. The van der Waals surface area contributed by atoms with Crippen LogP contribution in [0.3, 0.4) is 0 Å². The van der Waals surface area contributed by atoms with E-state index in [-0.39, 0.29) is 12.0 Å². The van der Waals surface area contributed by atoms with Crippen molar-refractivity contribution in [1.82, 2.24) is 10.0 Å². The number of amides is 2. The van der Waals surface area contributed by atoms with Gasteiger partial charge >= 0.3 is 0 Å². The minimum Gasteiger partial charge on any atom is -0.497 e. The van der Waals surface area contributed by atoms with E-state index in [0.717, 1.165) is 0 Å². The Morgan fingerprint density at radius 3 is 2.53 bits per heavy atom. The van der Waals surface area contributed by atoms with Crippen LogP contribution in [0.4, 0.5) is 10.1 Å². The monoisotopic (exact) mass is 441 g/mol. The first-order valence-electron chi connectivity index (χ1n) is 10.1. The van der Waals surface area contributed by atoms with Crippen molar-refractivity contribution in [3.05, 3.63) is 70.3 Å². The van der Waals surface area contributed by atoms with Crippen LogP contribution >= 0.6 is 0 Å². The number of nitrogens with one attached hydrogen (secondary N) is 2. The van der Waals surface area contributed by atoms with Gasteiger partial charge in [0.15, 0.2) is 0 Å². The second-order valence-corrected chi connectivity index (χ2v) is 7.26. The second-order valence-electron chi connectivity index (χ2n) is 7.26. The lowest BCUT2D eigenvalue weighted by atomic mass is 10.1. The van der Waals surface area contributed by atoms with Gasteiger partial charge in [-0.3, -0.25) is 19.6 Å². The van der Waals surface area contributed by atoms with Gasteiger partial charge in [0.2, 0.25) is 11.3 Å². The molecule has 3 rings (SSSR count). The number of aromatic nitrogens is 1. The SMILES string of the molecule is COc1ccc2c(c1)c(=O)c(C(=O)Nc1ccc(F)cc1)cn2CCCCCC(=O)NO. The number of carbonyl (C=O) groups is 2. The molecule has 0 unspecified atom stereocenters. The van der Waals surface area contributed by atoms with Gasteiger partial charge in [-0.25, -0.2) is 9.87 Å².